The molecule has 0 atom stereocenters. The van der Waals surface area contributed by atoms with E-state index in [1.165, 1.54) is 21.2 Å². The second-order valence-corrected chi connectivity index (χ2v) is 13.2. The molecule has 0 bridgehead atoms. The minimum absolute atomic E-state index is 0. The Morgan fingerprint density at radius 3 is 0.686 bits per heavy atom. The smallest absolute Gasteiger partial charge is 0.0408 e. The molecular formula is C30H34Au2BrP2-4. The Labute approximate surface area is 250 Å². The summed E-state index contributed by atoms with van der Waals surface area (Å²) in [4.78, 5) is 0. The van der Waals surface area contributed by atoms with Crippen LogP contribution in [0.4, 0.5) is 0 Å². The molecule has 4 aromatic carbocycles. The minimum atomic E-state index is -1.65. The quantitative estimate of drug-likeness (QED) is 0.110. The van der Waals surface area contributed by atoms with Crippen molar-refractivity contribution < 1.29 is 41.3 Å². The first kappa shape index (κ1) is 36.9. The van der Waals surface area contributed by atoms with E-state index in [1.54, 1.807) is 0 Å². The molecule has 4 aromatic rings. The maximum atomic E-state index is 4.31. The summed E-state index contributed by atoms with van der Waals surface area (Å²) in [6.45, 7) is 17.2. The largest absolute Gasteiger partial charge is 0.358 e. The Morgan fingerprint density at radius 2 is 0.543 bits per heavy atom. The Bertz CT molecular complexity index is 857. The molecule has 0 aliphatic carbocycles. The van der Waals surface area contributed by atoms with Gasteiger partial charge in [0, 0.05) is 43.6 Å². The van der Waals surface area contributed by atoms with Gasteiger partial charge in [-0.05, 0) is 48.5 Å². The first-order chi connectivity index (χ1) is 15.4. The molecule has 0 spiro atoms. The van der Waals surface area contributed by atoms with Crippen LogP contribution in [-0.2, 0) is 41.3 Å². The third-order valence-corrected chi connectivity index (χ3v) is 10.1. The Hall–Kier alpha value is -0.299. The normalized spacial score (nSPS) is 9.91. The van der Waals surface area contributed by atoms with Gasteiger partial charge < -0.3 is 14.9 Å². The van der Waals surface area contributed by atoms with Gasteiger partial charge in [-0.25, -0.2) is 0 Å². The van der Waals surface area contributed by atoms with E-state index >= 15 is 0 Å². The fourth-order valence-corrected chi connectivity index (χ4v) is 6.72. The molecule has 0 saturated carbocycles. The molecular weight excluding hydrogens is 896 g/mol. The number of hydrogen-bond acceptors (Lipinski definition) is 0. The SMILES string of the molecule is [Au].[Br][Au].[CH2-][P+]([CH2-])(c1ccccc1)c1ccccc1.[CH2-][P+]([CH2-])(c1ccccc1)c1ccccc1.[CH3-].[CH3-]. The molecule has 0 aliphatic heterocycles. The molecule has 0 saturated heterocycles. The first-order valence-electron chi connectivity index (χ1n) is 9.92. The standard InChI is InChI=1S/2C14H14P.2CH3.2Au.BrH/c2*1-15(2,13-9-5-3-6-10-13)14-11-7-4-8-12-14;;;;;/h2*3-12H,1-2H2;2*1H3;;;1H/q4*-1;;+1;/p-1. The summed E-state index contributed by atoms with van der Waals surface area (Å²) < 4.78 is 0. The zero-order valence-electron chi connectivity index (χ0n) is 20.3. The molecule has 0 fully saturated rings. The molecule has 0 aliphatic rings. The fourth-order valence-electron chi connectivity index (χ4n) is 3.15. The number of hydrogen-bond donors (Lipinski definition) is 0. The van der Waals surface area contributed by atoms with Crippen molar-refractivity contribution in [3.05, 3.63) is 163 Å². The first-order valence-corrected chi connectivity index (χ1v) is 19.0. The van der Waals surface area contributed by atoms with Crippen LogP contribution in [0.1, 0.15) is 0 Å². The van der Waals surface area contributed by atoms with Crippen molar-refractivity contribution in [2.24, 2.45) is 0 Å². The van der Waals surface area contributed by atoms with Crippen molar-refractivity contribution in [1.82, 2.24) is 0 Å². The van der Waals surface area contributed by atoms with Crippen molar-refractivity contribution in [1.29, 1.82) is 0 Å². The van der Waals surface area contributed by atoms with Gasteiger partial charge in [0.05, 0.1) is 0 Å². The Balaban J connectivity index is 0. The molecule has 0 heterocycles. The van der Waals surface area contributed by atoms with Crippen LogP contribution in [0.2, 0.25) is 0 Å². The van der Waals surface area contributed by atoms with Crippen molar-refractivity contribution in [2.45, 2.75) is 0 Å². The molecule has 0 amide bonds. The average molecular weight is 930 g/mol. The van der Waals surface area contributed by atoms with Gasteiger partial charge in [-0.15, -0.1) is 0 Å². The summed E-state index contributed by atoms with van der Waals surface area (Å²) >= 11 is 4.97. The molecule has 197 valence electrons. The number of benzene rings is 4. The maximum Gasteiger partial charge on any atom is 0.0408 e. The van der Waals surface area contributed by atoms with Crippen LogP contribution in [0.25, 0.3) is 0 Å². The number of rotatable bonds is 4. The Morgan fingerprint density at radius 1 is 0.400 bits per heavy atom. The second-order valence-electron chi connectivity index (χ2n) is 7.28. The van der Waals surface area contributed by atoms with Crippen LogP contribution in [0.15, 0.2) is 121 Å². The Kier molecular flexibility index (Phi) is 19.9. The average Bonchev–Trinajstić information content (AvgIpc) is 2.88. The molecule has 4 rings (SSSR count). The zero-order chi connectivity index (χ0) is 23.5. The summed E-state index contributed by atoms with van der Waals surface area (Å²) in [6.07, 6.45) is 0. The van der Waals surface area contributed by atoms with Crippen LogP contribution < -0.4 is 21.2 Å². The van der Waals surface area contributed by atoms with Gasteiger partial charge in [0.2, 0.25) is 0 Å². The van der Waals surface area contributed by atoms with Gasteiger partial charge in [0.25, 0.3) is 0 Å². The number of halogens is 1. The van der Waals surface area contributed by atoms with Crippen molar-refractivity contribution in [3.63, 3.8) is 0 Å². The van der Waals surface area contributed by atoms with Gasteiger partial charge in [0.1, 0.15) is 0 Å². The summed E-state index contributed by atoms with van der Waals surface area (Å²) in [6, 6.07) is 41.3. The summed E-state index contributed by atoms with van der Waals surface area (Å²) in [7, 11) is -3.29. The molecule has 0 aromatic heterocycles. The van der Waals surface area contributed by atoms with E-state index in [-0.39, 0.29) is 37.2 Å². The molecule has 1 radical (unpaired) electrons. The van der Waals surface area contributed by atoms with Crippen molar-refractivity contribution >= 4 is 48.8 Å². The van der Waals surface area contributed by atoms with Gasteiger partial charge >= 0.3 is 32.0 Å². The molecule has 35 heavy (non-hydrogen) atoms. The minimum Gasteiger partial charge on any atom is -0.358 e. The van der Waals surface area contributed by atoms with E-state index in [0.29, 0.717) is 0 Å². The molecule has 0 unspecified atom stereocenters. The molecule has 0 nitrogen and oxygen atoms in total. The van der Waals surface area contributed by atoms with E-state index in [9.17, 15) is 0 Å². The predicted molar refractivity (Wildman–Crippen MR) is 161 cm³/mol. The van der Waals surface area contributed by atoms with E-state index in [0.717, 1.165) is 0 Å². The molecule has 5 heteroatoms. The summed E-state index contributed by atoms with van der Waals surface area (Å²) in [5, 5.41) is 4.99. The van der Waals surface area contributed by atoms with Gasteiger partial charge in [0.15, 0.2) is 0 Å². The van der Waals surface area contributed by atoms with Gasteiger partial charge in [-0.3, -0.25) is 0 Å². The topological polar surface area (TPSA) is 0 Å². The summed E-state index contributed by atoms with van der Waals surface area (Å²) in [5.74, 6) is 0. The van der Waals surface area contributed by atoms with E-state index in [4.69, 9.17) is 0 Å². The van der Waals surface area contributed by atoms with Crippen LogP contribution >= 0.6 is 27.5 Å². The third-order valence-electron chi connectivity index (χ3n) is 5.00. The van der Waals surface area contributed by atoms with Crippen LogP contribution in [0, 0.1) is 41.5 Å². The van der Waals surface area contributed by atoms with Gasteiger partial charge in [-0.2, -0.15) is 41.2 Å². The van der Waals surface area contributed by atoms with Crippen LogP contribution in [0.5, 0.6) is 0 Å². The maximum absolute atomic E-state index is 4.31. The van der Waals surface area contributed by atoms with E-state index in [1.807, 2.05) is 72.8 Å². The fraction of sp³-hybridized carbons (Fsp3) is 0. The van der Waals surface area contributed by atoms with Crippen LogP contribution in [-0.4, -0.2) is 0 Å². The third kappa shape index (κ3) is 10.9. The molecule has 0 N–H and O–H groups in total. The summed E-state index contributed by atoms with van der Waals surface area (Å²) in [5.41, 5.74) is 0. The van der Waals surface area contributed by atoms with Crippen molar-refractivity contribution in [3.8, 4) is 0 Å². The van der Waals surface area contributed by atoms with E-state index in [2.05, 4.69) is 107 Å². The van der Waals surface area contributed by atoms with Gasteiger partial charge in [-0.1, -0.05) is 72.8 Å². The second kappa shape index (κ2) is 18.9. The predicted octanol–water partition coefficient (Wildman–Crippen LogP) is 8.22. The van der Waals surface area contributed by atoms with E-state index < -0.39 is 14.5 Å². The monoisotopic (exact) mass is 929 g/mol. The van der Waals surface area contributed by atoms with Crippen LogP contribution in [0.3, 0.4) is 0 Å². The zero-order valence-corrected chi connectivity index (χ0v) is 28.0. The van der Waals surface area contributed by atoms with Crippen molar-refractivity contribution in [2.75, 3.05) is 0 Å².